The van der Waals surface area contributed by atoms with Crippen LogP contribution in [-0.2, 0) is 17.8 Å². The first-order valence-corrected chi connectivity index (χ1v) is 11.1. The number of aromatic nitrogens is 2. The second-order valence-corrected chi connectivity index (χ2v) is 8.92. The van der Waals surface area contributed by atoms with Crippen LogP contribution in [0.25, 0.3) is 0 Å². The molecule has 1 saturated heterocycles. The summed E-state index contributed by atoms with van der Waals surface area (Å²) in [7, 11) is 0. The minimum absolute atomic E-state index is 0.0228. The van der Waals surface area contributed by atoms with Gasteiger partial charge in [0.25, 0.3) is 5.56 Å². The lowest BCUT2D eigenvalue weighted by Crippen LogP contribution is -2.41. The minimum atomic E-state index is -0.133. The maximum absolute atomic E-state index is 12.9. The number of likely N-dealkylation sites (tertiary alicyclic amines) is 1. The molecule has 0 spiro atoms. The quantitative estimate of drug-likeness (QED) is 0.844. The van der Waals surface area contributed by atoms with E-state index in [-0.39, 0.29) is 23.3 Å². The first-order valence-electron chi connectivity index (χ1n) is 11.1. The lowest BCUT2D eigenvalue weighted by atomic mass is 9.93. The molecule has 2 aliphatic rings. The molecule has 30 heavy (non-hydrogen) atoms. The number of carbonyl (C=O) groups excluding carboxylic acids is 1. The van der Waals surface area contributed by atoms with Gasteiger partial charge < -0.3 is 9.88 Å². The molecule has 1 amide bonds. The molecule has 0 aliphatic carbocycles. The van der Waals surface area contributed by atoms with E-state index in [1.807, 2.05) is 42.2 Å². The number of piperidine rings is 1. The van der Waals surface area contributed by atoms with E-state index in [1.165, 1.54) is 0 Å². The molecule has 0 radical (unpaired) electrons. The summed E-state index contributed by atoms with van der Waals surface area (Å²) in [6, 6.07) is 10.4. The summed E-state index contributed by atoms with van der Waals surface area (Å²) in [6.45, 7) is 9.42. The zero-order valence-corrected chi connectivity index (χ0v) is 18.2. The van der Waals surface area contributed by atoms with Crippen molar-refractivity contribution in [1.29, 1.82) is 0 Å². The number of H-pyrrole nitrogens is 1. The SMILES string of the molecule is CC(C(=O)N1CCC(c2nc3c(c(=O)[nH]2)CCN(C(C)C)C3)CC1)c1ccccc1. The van der Waals surface area contributed by atoms with Crippen molar-refractivity contribution in [1.82, 2.24) is 19.8 Å². The number of hydrogen-bond donors (Lipinski definition) is 1. The van der Waals surface area contributed by atoms with Gasteiger partial charge in [-0.05, 0) is 45.6 Å². The molecule has 1 aromatic carbocycles. The van der Waals surface area contributed by atoms with E-state index >= 15 is 0 Å². The fourth-order valence-corrected chi connectivity index (χ4v) is 4.64. The maximum atomic E-state index is 12.9. The largest absolute Gasteiger partial charge is 0.342 e. The number of nitrogens with zero attached hydrogens (tertiary/aromatic N) is 3. The Balaban J connectivity index is 1.43. The molecule has 3 heterocycles. The van der Waals surface area contributed by atoms with E-state index in [2.05, 4.69) is 23.7 Å². The Labute approximate surface area is 178 Å². The summed E-state index contributed by atoms with van der Waals surface area (Å²) in [5.74, 6) is 1.05. The van der Waals surface area contributed by atoms with E-state index in [0.717, 1.165) is 55.0 Å². The van der Waals surface area contributed by atoms with Gasteiger partial charge in [-0.3, -0.25) is 14.5 Å². The molecule has 0 saturated carbocycles. The number of amides is 1. The Morgan fingerprint density at radius 1 is 1.10 bits per heavy atom. The standard InChI is InChI=1S/C24H32N4O2/c1-16(2)28-14-11-20-21(15-28)25-22(26-23(20)29)19-9-12-27(13-10-19)24(30)17(3)18-7-5-4-6-8-18/h4-8,16-17,19H,9-15H2,1-3H3,(H,25,26,29). The smallest absolute Gasteiger partial charge is 0.254 e. The van der Waals surface area contributed by atoms with Crippen molar-refractivity contribution in [3.05, 3.63) is 63.3 Å². The number of fused-ring (bicyclic) bond motifs is 1. The molecule has 1 aromatic heterocycles. The van der Waals surface area contributed by atoms with Crippen LogP contribution in [0.1, 0.15) is 68.1 Å². The van der Waals surface area contributed by atoms with Crippen molar-refractivity contribution in [2.75, 3.05) is 19.6 Å². The Bertz CT molecular complexity index is 945. The van der Waals surface area contributed by atoms with Gasteiger partial charge in [0.15, 0.2) is 0 Å². The Morgan fingerprint density at radius 2 is 1.80 bits per heavy atom. The average molecular weight is 409 g/mol. The molecule has 1 atom stereocenters. The molecule has 2 aliphatic heterocycles. The normalized spacial score (nSPS) is 19.0. The Kier molecular flexibility index (Phi) is 6.04. The number of rotatable bonds is 4. The van der Waals surface area contributed by atoms with E-state index in [1.54, 1.807) is 0 Å². The highest BCUT2D eigenvalue weighted by atomic mass is 16.2. The molecule has 1 N–H and O–H groups in total. The number of benzene rings is 1. The highest BCUT2D eigenvalue weighted by molar-refractivity contribution is 5.83. The van der Waals surface area contributed by atoms with Crippen molar-refractivity contribution in [2.24, 2.45) is 0 Å². The molecule has 4 rings (SSSR count). The number of nitrogens with one attached hydrogen (secondary N) is 1. The van der Waals surface area contributed by atoms with Gasteiger partial charge in [0.05, 0.1) is 11.6 Å². The van der Waals surface area contributed by atoms with Crippen molar-refractivity contribution in [3.63, 3.8) is 0 Å². The van der Waals surface area contributed by atoms with Crippen molar-refractivity contribution >= 4 is 5.91 Å². The minimum Gasteiger partial charge on any atom is -0.342 e. The summed E-state index contributed by atoms with van der Waals surface area (Å²) in [5.41, 5.74) is 2.86. The summed E-state index contributed by atoms with van der Waals surface area (Å²) < 4.78 is 0. The van der Waals surface area contributed by atoms with Gasteiger partial charge in [0.2, 0.25) is 5.91 Å². The third kappa shape index (κ3) is 4.19. The molecule has 2 aromatic rings. The zero-order chi connectivity index (χ0) is 21.3. The fourth-order valence-electron chi connectivity index (χ4n) is 4.64. The molecular weight excluding hydrogens is 376 g/mol. The van der Waals surface area contributed by atoms with E-state index in [4.69, 9.17) is 4.98 Å². The summed E-state index contributed by atoms with van der Waals surface area (Å²) >= 11 is 0. The molecule has 6 heteroatoms. The highest BCUT2D eigenvalue weighted by Gasteiger charge is 2.30. The first kappa shape index (κ1) is 20.8. The predicted octanol–water partition coefficient (Wildman–Crippen LogP) is 3.05. The number of aromatic amines is 1. The van der Waals surface area contributed by atoms with Crippen LogP contribution in [0.15, 0.2) is 35.1 Å². The van der Waals surface area contributed by atoms with Gasteiger partial charge in [-0.1, -0.05) is 30.3 Å². The van der Waals surface area contributed by atoms with Crippen molar-refractivity contribution < 1.29 is 4.79 Å². The van der Waals surface area contributed by atoms with Crippen LogP contribution in [0, 0.1) is 0 Å². The predicted molar refractivity (Wildman–Crippen MR) is 118 cm³/mol. The lowest BCUT2D eigenvalue weighted by Gasteiger charge is -2.34. The number of carbonyl (C=O) groups is 1. The highest BCUT2D eigenvalue weighted by Crippen LogP contribution is 2.28. The summed E-state index contributed by atoms with van der Waals surface area (Å²) in [6.07, 6.45) is 2.44. The molecular formula is C24H32N4O2. The van der Waals surface area contributed by atoms with Crippen LogP contribution >= 0.6 is 0 Å². The number of hydrogen-bond acceptors (Lipinski definition) is 4. The van der Waals surface area contributed by atoms with Gasteiger partial charge >= 0.3 is 0 Å². The average Bonchev–Trinajstić information content (AvgIpc) is 2.78. The van der Waals surface area contributed by atoms with Crippen LogP contribution in [0.5, 0.6) is 0 Å². The van der Waals surface area contributed by atoms with Crippen molar-refractivity contribution in [2.45, 2.75) is 64.5 Å². The van der Waals surface area contributed by atoms with Gasteiger partial charge in [-0.2, -0.15) is 0 Å². The van der Waals surface area contributed by atoms with Gasteiger partial charge in [0.1, 0.15) is 5.82 Å². The Hall–Kier alpha value is -2.47. The third-order valence-corrected chi connectivity index (χ3v) is 6.71. The summed E-state index contributed by atoms with van der Waals surface area (Å²) in [4.78, 5) is 37.8. The molecule has 6 nitrogen and oxygen atoms in total. The molecule has 0 bridgehead atoms. The van der Waals surface area contributed by atoms with Crippen LogP contribution in [0.3, 0.4) is 0 Å². The summed E-state index contributed by atoms with van der Waals surface area (Å²) in [5, 5.41) is 0. The van der Waals surface area contributed by atoms with Crippen molar-refractivity contribution in [3.8, 4) is 0 Å². The van der Waals surface area contributed by atoms with Crippen LogP contribution in [-0.4, -0.2) is 51.4 Å². The second-order valence-electron chi connectivity index (χ2n) is 8.92. The Morgan fingerprint density at radius 3 is 2.47 bits per heavy atom. The van der Waals surface area contributed by atoms with Crippen LogP contribution in [0.4, 0.5) is 0 Å². The molecule has 1 fully saturated rings. The second kappa shape index (κ2) is 8.72. The monoisotopic (exact) mass is 408 g/mol. The molecule has 1 unspecified atom stereocenters. The maximum Gasteiger partial charge on any atom is 0.254 e. The van der Waals surface area contributed by atoms with E-state index in [0.29, 0.717) is 19.1 Å². The fraction of sp³-hybridized carbons (Fsp3) is 0.542. The first-order chi connectivity index (χ1) is 14.4. The van der Waals surface area contributed by atoms with E-state index < -0.39 is 0 Å². The topological polar surface area (TPSA) is 69.3 Å². The zero-order valence-electron chi connectivity index (χ0n) is 18.2. The van der Waals surface area contributed by atoms with E-state index in [9.17, 15) is 9.59 Å². The van der Waals surface area contributed by atoms with Crippen LogP contribution < -0.4 is 5.56 Å². The van der Waals surface area contributed by atoms with Gasteiger partial charge in [0, 0.05) is 43.7 Å². The van der Waals surface area contributed by atoms with Gasteiger partial charge in [-0.25, -0.2) is 4.98 Å². The lowest BCUT2D eigenvalue weighted by molar-refractivity contribution is -0.133. The third-order valence-electron chi connectivity index (χ3n) is 6.71. The molecule has 160 valence electrons. The van der Waals surface area contributed by atoms with Gasteiger partial charge in [-0.15, -0.1) is 0 Å². The van der Waals surface area contributed by atoms with Crippen LogP contribution in [0.2, 0.25) is 0 Å².